The molecule has 0 spiro atoms. The second kappa shape index (κ2) is 85.0. The highest BCUT2D eigenvalue weighted by Crippen LogP contribution is 2.19. The van der Waals surface area contributed by atoms with Gasteiger partial charge in [0.25, 0.3) is 0 Å². The van der Waals surface area contributed by atoms with Gasteiger partial charge in [-0.05, 0) is 116 Å². The molecule has 2 atom stereocenters. The summed E-state index contributed by atoms with van der Waals surface area (Å²) < 4.78 is 22.9. The van der Waals surface area contributed by atoms with Gasteiger partial charge in [-0.2, -0.15) is 0 Å². The van der Waals surface area contributed by atoms with Gasteiger partial charge in [-0.25, -0.2) is 0 Å². The van der Waals surface area contributed by atoms with E-state index in [9.17, 15) is 19.5 Å². The Kier molecular flexibility index (Phi) is 81.3. The van der Waals surface area contributed by atoms with Crippen LogP contribution in [-0.4, -0.2) is 82.3 Å². The first-order valence-corrected chi connectivity index (χ1v) is 44.3. The number of aliphatic carboxylic acids is 1. The molecule has 9 heteroatoms. The van der Waals surface area contributed by atoms with Crippen molar-refractivity contribution in [1.82, 2.24) is 0 Å². The molecular formula is C96H167NO8. The van der Waals surface area contributed by atoms with Crippen LogP contribution in [0.2, 0.25) is 0 Å². The van der Waals surface area contributed by atoms with E-state index in [0.29, 0.717) is 17.4 Å². The summed E-state index contributed by atoms with van der Waals surface area (Å²) in [5, 5.41) is 11.9. The van der Waals surface area contributed by atoms with Crippen molar-refractivity contribution >= 4 is 17.9 Å². The lowest BCUT2D eigenvalue weighted by atomic mass is 10.0. The fraction of sp³-hybridized carbons (Fsp3) is 0.740. The number of unbranched alkanes of at least 4 members (excludes halogenated alkanes) is 45. The van der Waals surface area contributed by atoms with Crippen molar-refractivity contribution in [3.63, 3.8) is 0 Å². The Morgan fingerprint density at radius 3 is 0.819 bits per heavy atom. The minimum Gasteiger partial charge on any atom is -0.545 e. The van der Waals surface area contributed by atoms with Crippen LogP contribution in [0.3, 0.4) is 0 Å². The number of hydrogen-bond acceptors (Lipinski definition) is 8. The molecule has 0 aliphatic rings. The van der Waals surface area contributed by atoms with E-state index in [2.05, 4.69) is 148 Å². The van der Waals surface area contributed by atoms with Crippen LogP contribution in [0.4, 0.5) is 0 Å². The van der Waals surface area contributed by atoms with Crippen LogP contribution >= 0.6 is 0 Å². The van der Waals surface area contributed by atoms with Crippen LogP contribution in [0.5, 0.6) is 0 Å². The van der Waals surface area contributed by atoms with Crippen LogP contribution in [-0.2, 0) is 33.3 Å². The zero-order valence-electron chi connectivity index (χ0n) is 69.3. The summed E-state index contributed by atoms with van der Waals surface area (Å²) in [7, 11) is 5.94. The van der Waals surface area contributed by atoms with Crippen molar-refractivity contribution in [2.45, 2.75) is 411 Å². The van der Waals surface area contributed by atoms with E-state index in [1.165, 1.54) is 257 Å². The third kappa shape index (κ3) is 86.5. The molecule has 0 fully saturated rings. The van der Waals surface area contributed by atoms with Crippen molar-refractivity contribution in [1.29, 1.82) is 0 Å². The topological polar surface area (TPSA) is 111 Å². The Labute approximate surface area is 650 Å². The molecule has 9 nitrogen and oxygen atoms in total. The third-order valence-electron chi connectivity index (χ3n) is 19.4. The fourth-order valence-electron chi connectivity index (χ4n) is 12.7. The molecule has 105 heavy (non-hydrogen) atoms. The monoisotopic (exact) mass is 1460 g/mol. The van der Waals surface area contributed by atoms with Crippen LogP contribution < -0.4 is 5.11 Å². The van der Waals surface area contributed by atoms with Gasteiger partial charge in [0.05, 0.1) is 40.3 Å². The van der Waals surface area contributed by atoms with E-state index in [-0.39, 0.29) is 38.6 Å². The summed E-state index contributed by atoms with van der Waals surface area (Å²) >= 11 is 0. The van der Waals surface area contributed by atoms with Crippen molar-refractivity contribution in [2.24, 2.45) is 0 Å². The average molecular weight is 1460 g/mol. The average Bonchev–Trinajstić information content (AvgIpc) is 1.97. The van der Waals surface area contributed by atoms with Crippen molar-refractivity contribution in [3.05, 3.63) is 134 Å². The minimum atomic E-state index is -1.63. The Bertz CT molecular complexity index is 2200. The molecular weight excluding hydrogens is 1300 g/mol. The van der Waals surface area contributed by atoms with Gasteiger partial charge >= 0.3 is 11.9 Å². The van der Waals surface area contributed by atoms with Gasteiger partial charge in [-0.1, -0.05) is 404 Å². The Morgan fingerprint density at radius 1 is 0.295 bits per heavy atom. The molecule has 0 radical (unpaired) electrons. The number of carboxylic acid groups (broad SMARTS) is 1. The molecule has 0 rings (SSSR count). The van der Waals surface area contributed by atoms with E-state index in [1.54, 1.807) is 0 Å². The number of ether oxygens (including phenoxy) is 4. The maximum absolute atomic E-state index is 13.0. The highest BCUT2D eigenvalue weighted by Gasteiger charge is 2.22. The van der Waals surface area contributed by atoms with Gasteiger partial charge in [-0.3, -0.25) is 9.59 Å². The smallest absolute Gasteiger partial charge is 0.306 e. The first-order valence-electron chi connectivity index (χ1n) is 44.3. The van der Waals surface area contributed by atoms with Gasteiger partial charge in [0.1, 0.15) is 13.2 Å². The minimum absolute atomic E-state index is 0.142. The zero-order chi connectivity index (χ0) is 76.0. The van der Waals surface area contributed by atoms with Crippen LogP contribution in [0.1, 0.15) is 399 Å². The summed E-state index contributed by atoms with van der Waals surface area (Å²) in [6, 6.07) is 0. The Morgan fingerprint density at radius 2 is 0.543 bits per heavy atom. The zero-order valence-corrected chi connectivity index (χ0v) is 69.3. The van der Waals surface area contributed by atoms with Crippen molar-refractivity contribution in [2.75, 3.05) is 47.5 Å². The molecule has 0 aromatic rings. The lowest BCUT2D eigenvalue weighted by Crippen LogP contribution is -2.44. The van der Waals surface area contributed by atoms with E-state index in [0.717, 1.165) is 109 Å². The van der Waals surface area contributed by atoms with E-state index in [1.807, 2.05) is 21.1 Å². The predicted octanol–water partition coefficient (Wildman–Crippen LogP) is 27.8. The standard InChI is InChI=1S/C96H167NO8/c1-6-8-10-12-14-16-18-20-22-24-26-28-30-32-34-36-38-40-42-44-46-47-49-50-52-54-56-58-60-62-64-66-68-70-72-74-76-78-80-82-84-86-93(98)103-90-92(91-104-96(95(100)101)102-89-88-97(3,4)5)105-94(99)87-85-83-81-79-77-75-73-71-69-67-65-63-61-59-57-55-53-51-48-45-43-41-39-37-35-33-31-29-27-25-23-21-19-17-15-13-11-9-7-2/h9,11,15,17,21,23-24,26-27,29,33,35,39,41,45,48,53,55,59,61,65,67,92,96H,6-8,10,12-14,16,18-20,22,25,28,30-32,34,36-38,40,42-44,46-47,49-52,54,56-58,60,62-64,66,68-91H2,1-5H3/b11-9-,17-15-,23-21-,26-24-,29-27-,35-33-,41-39-,48-45-,55-53-,61-59-,67-65-. The largest absolute Gasteiger partial charge is 0.545 e. The Balaban J connectivity index is 4.00. The molecule has 0 aliphatic carbocycles. The maximum Gasteiger partial charge on any atom is 0.306 e. The van der Waals surface area contributed by atoms with E-state index in [4.69, 9.17) is 18.9 Å². The predicted molar refractivity (Wildman–Crippen MR) is 453 cm³/mol. The molecule has 0 heterocycles. The van der Waals surface area contributed by atoms with E-state index < -0.39 is 24.3 Å². The number of allylic oxidation sites excluding steroid dienone is 22. The molecule has 2 unspecified atom stereocenters. The van der Waals surface area contributed by atoms with Gasteiger partial charge in [-0.15, -0.1) is 0 Å². The second-order valence-corrected chi connectivity index (χ2v) is 30.8. The summed E-state index contributed by atoms with van der Waals surface area (Å²) in [4.78, 5) is 37.7. The molecule has 0 aliphatic heterocycles. The number of nitrogens with zero attached hydrogens (tertiary/aromatic N) is 1. The lowest BCUT2D eigenvalue weighted by Gasteiger charge is -2.26. The highest BCUT2D eigenvalue weighted by atomic mass is 16.7. The lowest BCUT2D eigenvalue weighted by molar-refractivity contribution is -0.870. The van der Waals surface area contributed by atoms with E-state index >= 15 is 0 Å². The molecule has 0 saturated heterocycles. The van der Waals surface area contributed by atoms with Crippen LogP contribution in [0.25, 0.3) is 0 Å². The molecule has 0 aromatic carbocycles. The first kappa shape index (κ1) is 100. The number of likely N-dealkylation sites (N-methyl/N-ethyl adjacent to an activating group) is 1. The number of carbonyl (C=O) groups excluding carboxylic acids is 3. The molecule has 0 N–H and O–H groups in total. The van der Waals surface area contributed by atoms with Gasteiger partial charge in [0.2, 0.25) is 0 Å². The quantitative estimate of drug-likeness (QED) is 0.0195. The number of esters is 2. The molecule has 604 valence electrons. The maximum atomic E-state index is 13.0. The van der Waals surface area contributed by atoms with Crippen LogP contribution in [0, 0.1) is 0 Å². The summed E-state index contributed by atoms with van der Waals surface area (Å²) in [5.41, 5.74) is 0. The number of hydrogen-bond donors (Lipinski definition) is 0. The first-order chi connectivity index (χ1) is 51.6. The summed E-state index contributed by atoms with van der Waals surface area (Å²) in [6.07, 6.45) is 120. The second-order valence-electron chi connectivity index (χ2n) is 30.8. The summed E-state index contributed by atoms with van der Waals surface area (Å²) in [5.74, 6) is -2.28. The van der Waals surface area contributed by atoms with Gasteiger partial charge in [0.15, 0.2) is 12.4 Å². The number of rotatable bonds is 82. The number of carboxylic acids is 1. The molecule has 0 amide bonds. The van der Waals surface area contributed by atoms with Crippen molar-refractivity contribution in [3.8, 4) is 0 Å². The SMILES string of the molecule is CC/C=C\C/C=C\C/C=C\C/C=C\C/C=C\C/C=C\C/C=C\C/C=C\C/C=C\C/C=C\CCCCCCCCCCC(=O)OC(COC(=O)CCCCCCCCCCCCCCCCCCCCCCCCCCCCCCC/C=C\CCCCCCCCCC)COC(OCC[N+](C)(C)C)C(=O)[O-]. The van der Waals surface area contributed by atoms with Gasteiger partial charge in [0, 0.05) is 12.8 Å². The fourth-order valence-corrected chi connectivity index (χ4v) is 12.7. The van der Waals surface area contributed by atoms with Crippen molar-refractivity contribution < 1.29 is 42.9 Å². The Hall–Kier alpha value is -4.57. The normalized spacial score (nSPS) is 13.3. The number of carbonyl (C=O) groups is 3. The molecule has 0 bridgehead atoms. The highest BCUT2D eigenvalue weighted by molar-refractivity contribution is 5.70. The number of quaternary nitrogens is 1. The molecule has 0 aromatic heterocycles. The van der Waals surface area contributed by atoms with Gasteiger partial charge < -0.3 is 33.3 Å². The molecule has 0 saturated carbocycles. The summed E-state index contributed by atoms with van der Waals surface area (Å²) in [6.45, 7) is 4.66. The third-order valence-corrected chi connectivity index (χ3v) is 19.4. The van der Waals surface area contributed by atoms with Crippen LogP contribution in [0.15, 0.2) is 134 Å².